The average molecular weight is 261 g/mol. The van der Waals surface area contributed by atoms with Gasteiger partial charge in [-0.05, 0) is 12.8 Å². The van der Waals surface area contributed by atoms with Crippen LogP contribution in [0.25, 0.3) is 0 Å². The molecule has 1 aromatic heterocycles. The van der Waals surface area contributed by atoms with Crippen molar-refractivity contribution in [3.63, 3.8) is 0 Å². The molecule has 0 unspecified atom stereocenters. The zero-order chi connectivity index (χ0) is 13.2. The van der Waals surface area contributed by atoms with Crippen LogP contribution < -0.4 is 16.0 Å². The van der Waals surface area contributed by atoms with E-state index < -0.39 is 0 Å². The first-order valence-corrected chi connectivity index (χ1v) is 6.81. The van der Waals surface area contributed by atoms with E-state index in [-0.39, 0.29) is 11.8 Å². The largest absolute Gasteiger partial charge is 0.369 e. The van der Waals surface area contributed by atoms with Crippen molar-refractivity contribution in [1.29, 1.82) is 0 Å². The molecular weight excluding hydrogens is 242 g/mol. The lowest BCUT2D eigenvalue weighted by Crippen LogP contribution is -2.43. The summed E-state index contributed by atoms with van der Waals surface area (Å²) in [6.45, 7) is 3.62. The summed E-state index contributed by atoms with van der Waals surface area (Å²) in [6.07, 6.45) is 5.13. The maximum absolute atomic E-state index is 11.2. The van der Waals surface area contributed by atoms with Gasteiger partial charge in [-0.15, -0.1) is 0 Å². The van der Waals surface area contributed by atoms with Gasteiger partial charge in [-0.25, -0.2) is 4.98 Å². The van der Waals surface area contributed by atoms with Crippen molar-refractivity contribution in [1.82, 2.24) is 15.3 Å². The number of rotatable bonds is 3. The number of anilines is 1. The highest BCUT2D eigenvalue weighted by molar-refractivity contribution is 5.77. The van der Waals surface area contributed by atoms with Gasteiger partial charge in [-0.3, -0.25) is 9.78 Å². The van der Waals surface area contributed by atoms with Gasteiger partial charge >= 0.3 is 0 Å². The number of piperidine rings is 1. The van der Waals surface area contributed by atoms with Crippen molar-refractivity contribution in [2.75, 3.05) is 31.1 Å². The molecule has 0 atom stereocenters. The van der Waals surface area contributed by atoms with Crippen LogP contribution in [-0.2, 0) is 4.79 Å². The first-order valence-electron chi connectivity index (χ1n) is 6.81. The second-order valence-electron chi connectivity index (χ2n) is 5.28. The van der Waals surface area contributed by atoms with Gasteiger partial charge in [0.1, 0.15) is 0 Å². The zero-order valence-electron chi connectivity index (χ0n) is 10.9. The molecule has 2 aliphatic rings. The highest BCUT2D eigenvalue weighted by atomic mass is 16.1. The van der Waals surface area contributed by atoms with E-state index in [1.54, 1.807) is 12.4 Å². The molecule has 1 aromatic rings. The molecule has 19 heavy (non-hydrogen) atoms. The van der Waals surface area contributed by atoms with Crippen molar-refractivity contribution in [2.45, 2.75) is 18.8 Å². The topological polar surface area (TPSA) is 84.1 Å². The Morgan fingerprint density at radius 1 is 1.26 bits per heavy atom. The van der Waals surface area contributed by atoms with E-state index in [1.165, 1.54) is 0 Å². The molecule has 0 aromatic carbocycles. The van der Waals surface area contributed by atoms with Gasteiger partial charge < -0.3 is 16.0 Å². The van der Waals surface area contributed by atoms with E-state index in [0.29, 0.717) is 5.92 Å². The molecule has 6 nitrogen and oxygen atoms in total. The number of primary amides is 1. The van der Waals surface area contributed by atoms with Crippen molar-refractivity contribution in [2.24, 2.45) is 11.7 Å². The maximum atomic E-state index is 11.2. The number of hydrogen-bond acceptors (Lipinski definition) is 5. The Morgan fingerprint density at radius 3 is 2.53 bits per heavy atom. The van der Waals surface area contributed by atoms with Gasteiger partial charge in [-0.1, -0.05) is 0 Å². The fourth-order valence-corrected chi connectivity index (χ4v) is 2.73. The van der Waals surface area contributed by atoms with Crippen molar-refractivity contribution < 1.29 is 4.79 Å². The minimum Gasteiger partial charge on any atom is -0.369 e. The number of amides is 1. The molecule has 0 spiro atoms. The van der Waals surface area contributed by atoms with Gasteiger partial charge in [0.2, 0.25) is 5.91 Å². The molecular formula is C13H19N5O. The molecule has 3 N–H and O–H groups in total. The number of aromatic nitrogens is 2. The van der Waals surface area contributed by atoms with Crippen LogP contribution in [0.4, 0.5) is 5.82 Å². The van der Waals surface area contributed by atoms with Crippen LogP contribution in [0.3, 0.4) is 0 Å². The summed E-state index contributed by atoms with van der Waals surface area (Å²) in [7, 11) is 0. The van der Waals surface area contributed by atoms with E-state index in [1.807, 2.05) is 0 Å². The molecule has 0 bridgehead atoms. The molecule has 0 saturated carbocycles. The van der Waals surface area contributed by atoms with Crippen LogP contribution in [0.15, 0.2) is 12.4 Å². The highest BCUT2D eigenvalue weighted by Crippen LogP contribution is 2.29. The number of nitrogens with two attached hydrogens (primary N) is 1. The first-order chi connectivity index (χ1) is 9.25. The van der Waals surface area contributed by atoms with Crippen LogP contribution >= 0.6 is 0 Å². The minimum atomic E-state index is -0.179. The summed E-state index contributed by atoms with van der Waals surface area (Å²) in [5.74, 6) is 1.29. The Kier molecular flexibility index (Phi) is 3.33. The van der Waals surface area contributed by atoms with Gasteiger partial charge in [-0.2, -0.15) is 0 Å². The predicted octanol–water partition coefficient (Wildman–Crippen LogP) is -0.135. The van der Waals surface area contributed by atoms with Crippen LogP contribution in [0, 0.1) is 5.92 Å². The van der Waals surface area contributed by atoms with E-state index >= 15 is 0 Å². The van der Waals surface area contributed by atoms with E-state index in [9.17, 15) is 4.79 Å². The van der Waals surface area contributed by atoms with Crippen LogP contribution in [0.2, 0.25) is 0 Å². The smallest absolute Gasteiger partial charge is 0.220 e. The van der Waals surface area contributed by atoms with Crippen molar-refractivity contribution in [3.8, 4) is 0 Å². The van der Waals surface area contributed by atoms with Crippen LogP contribution in [0.5, 0.6) is 0 Å². The Morgan fingerprint density at radius 2 is 1.95 bits per heavy atom. The van der Waals surface area contributed by atoms with Gasteiger partial charge in [0.15, 0.2) is 5.82 Å². The van der Waals surface area contributed by atoms with E-state index in [2.05, 4.69) is 20.2 Å². The lowest BCUT2D eigenvalue weighted by Gasteiger charge is -2.35. The molecule has 6 heteroatoms. The number of nitrogens with zero attached hydrogens (tertiary/aromatic N) is 3. The minimum absolute atomic E-state index is 0.0155. The predicted molar refractivity (Wildman–Crippen MR) is 71.8 cm³/mol. The number of nitrogens with one attached hydrogen (secondary N) is 1. The van der Waals surface area contributed by atoms with E-state index in [0.717, 1.165) is 50.5 Å². The third kappa shape index (κ3) is 2.40. The molecule has 0 aliphatic carbocycles. The molecule has 0 radical (unpaired) electrons. The third-order valence-corrected chi connectivity index (χ3v) is 4.07. The van der Waals surface area contributed by atoms with Gasteiger partial charge in [0.25, 0.3) is 0 Å². The number of carbonyl (C=O) groups is 1. The highest BCUT2D eigenvalue weighted by Gasteiger charge is 2.29. The second-order valence-corrected chi connectivity index (χ2v) is 5.28. The molecule has 1 amide bonds. The number of hydrogen-bond donors (Lipinski definition) is 2. The molecule has 2 fully saturated rings. The summed E-state index contributed by atoms with van der Waals surface area (Å²) in [6, 6.07) is 0. The fourth-order valence-electron chi connectivity index (χ4n) is 2.73. The fraction of sp³-hybridized carbons (Fsp3) is 0.615. The summed E-state index contributed by atoms with van der Waals surface area (Å²) in [5.41, 5.74) is 6.45. The second kappa shape index (κ2) is 5.13. The molecule has 2 saturated heterocycles. The first kappa shape index (κ1) is 12.3. The third-order valence-electron chi connectivity index (χ3n) is 4.07. The molecule has 3 heterocycles. The van der Waals surface area contributed by atoms with Gasteiger partial charge in [0.05, 0.1) is 5.69 Å². The quantitative estimate of drug-likeness (QED) is 0.791. The SMILES string of the molecule is NC(=O)C1CCN(c2nccnc2C2CNC2)CC1. The molecule has 102 valence electrons. The number of carbonyl (C=O) groups excluding carboxylic acids is 1. The Hall–Kier alpha value is -1.69. The average Bonchev–Trinajstić information content (AvgIpc) is 2.37. The maximum Gasteiger partial charge on any atom is 0.220 e. The van der Waals surface area contributed by atoms with Gasteiger partial charge in [0, 0.05) is 50.4 Å². The van der Waals surface area contributed by atoms with Crippen LogP contribution in [-0.4, -0.2) is 42.1 Å². The Balaban J connectivity index is 1.74. The van der Waals surface area contributed by atoms with Crippen molar-refractivity contribution >= 4 is 11.7 Å². The van der Waals surface area contributed by atoms with E-state index in [4.69, 9.17) is 5.73 Å². The summed E-state index contributed by atoms with van der Waals surface area (Å²) < 4.78 is 0. The lowest BCUT2D eigenvalue weighted by molar-refractivity contribution is -0.122. The summed E-state index contributed by atoms with van der Waals surface area (Å²) >= 11 is 0. The normalized spacial score (nSPS) is 21.2. The summed E-state index contributed by atoms with van der Waals surface area (Å²) in [5, 5.41) is 3.26. The Labute approximate surface area is 112 Å². The lowest BCUT2D eigenvalue weighted by atomic mass is 9.94. The standard InChI is InChI=1S/C13H19N5O/c14-12(19)9-1-5-18(6-2-9)13-11(10-7-15-8-10)16-3-4-17-13/h3-4,9-10,15H,1-2,5-8H2,(H2,14,19). The van der Waals surface area contributed by atoms with Crippen LogP contribution in [0.1, 0.15) is 24.5 Å². The monoisotopic (exact) mass is 261 g/mol. The summed E-state index contributed by atoms with van der Waals surface area (Å²) in [4.78, 5) is 22.4. The molecule has 3 rings (SSSR count). The Bertz CT molecular complexity index is 466. The zero-order valence-corrected chi connectivity index (χ0v) is 10.9. The molecule has 2 aliphatic heterocycles. The van der Waals surface area contributed by atoms with Crippen molar-refractivity contribution in [3.05, 3.63) is 18.1 Å².